The molecule has 0 unspecified atom stereocenters. The normalized spacial score (nSPS) is 10.6. The molecule has 2 aromatic rings. The zero-order valence-electron chi connectivity index (χ0n) is 11.2. The van der Waals surface area contributed by atoms with Gasteiger partial charge in [-0.05, 0) is 37.3 Å². The molecule has 0 bridgehead atoms. The number of hydrogen-bond acceptors (Lipinski definition) is 2. The third kappa shape index (κ3) is 4.32. The highest BCUT2D eigenvalue weighted by Gasteiger charge is 2.04. The molecule has 6 heteroatoms. The van der Waals surface area contributed by atoms with Crippen molar-refractivity contribution < 1.29 is 8.78 Å². The van der Waals surface area contributed by atoms with Gasteiger partial charge in [-0.25, -0.2) is 8.78 Å². The van der Waals surface area contributed by atoms with Gasteiger partial charge in [-0.3, -0.25) is 5.43 Å². The highest BCUT2D eigenvalue weighted by Crippen LogP contribution is 2.09. The molecule has 21 heavy (non-hydrogen) atoms. The Hall–Kier alpha value is -2.34. The number of thiocarbonyl (C=S) groups is 1. The van der Waals surface area contributed by atoms with Crippen LogP contribution >= 0.6 is 12.2 Å². The summed E-state index contributed by atoms with van der Waals surface area (Å²) in [5.74, 6) is -1.86. The monoisotopic (exact) mass is 305 g/mol. The van der Waals surface area contributed by atoms with Crippen LogP contribution in [0.4, 0.5) is 14.5 Å². The molecule has 0 aliphatic heterocycles. The first-order chi connectivity index (χ1) is 10.1. The van der Waals surface area contributed by atoms with Gasteiger partial charge in [-0.1, -0.05) is 29.8 Å². The fourth-order valence-electron chi connectivity index (χ4n) is 1.58. The summed E-state index contributed by atoms with van der Waals surface area (Å²) < 4.78 is 26.4. The highest BCUT2D eigenvalue weighted by atomic mass is 32.1. The molecule has 2 N–H and O–H groups in total. The molecule has 0 aliphatic carbocycles. The number of hydrogen-bond donors (Lipinski definition) is 2. The van der Waals surface area contributed by atoms with E-state index in [4.69, 9.17) is 12.2 Å². The zero-order valence-corrected chi connectivity index (χ0v) is 12.0. The summed E-state index contributed by atoms with van der Waals surface area (Å²) in [5, 5.41) is 6.95. The largest absolute Gasteiger partial charge is 0.331 e. The topological polar surface area (TPSA) is 36.4 Å². The summed E-state index contributed by atoms with van der Waals surface area (Å²) in [6, 6.07) is 11.5. The second kappa shape index (κ2) is 6.90. The van der Waals surface area contributed by atoms with Crippen LogP contribution < -0.4 is 10.7 Å². The standard InChI is InChI=1S/C15H13F2N3S/c1-10-5-7-12(8-6-10)19-15(21)20-18-9-11-3-2-4-13(16)14(11)17/h2-9H,1H3,(H2,19,20,21). The summed E-state index contributed by atoms with van der Waals surface area (Å²) in [7, 11) is 0. The Balaban J connectivity index is 1.93. The molecule has 0 saturated heterocycles. The predicted molar refractivity (Wildman–Crippen MR) is 84.5 cm³/mol. The lowest BCUT2D eigenvalue weighted by Gasteiger charge is -2.07. The fourth-order valence-corrected chi connectivity index (χ4v) is 1.75. The smallest absolute Gasteiger partial charge is 0.191 e. The lowest BCUT2D eigenvalue weighted by Crippen LogP contribution is -2.23. The van der Waals surface area contributed by atoms with Gasteiger partial charge in [0.25, 0.3) is 0 Å². The molecule has 2 aromatic carbocycles. The summed E-state index contributed by atoms with van der Waals surface area (Å²) >= 11 is 5.04. The van der Waals surface area contributed by atoms with Crippen LogP contribution in [0.5, 0.6) is 0 Å². The van der Waals surface area contributed by atoms with Gasteiger partial charge in [0.2, 0.25) is 0 Å². The summed E-state index contributed by atoms with van der Waals surface area (Å²) in [6.07, 6.45) is 1.17. The van der Waals surface area contributed by atoms with Gasteiger partial charge >= 0.3 is 0 Å². The second-order valence-corrected chi connectivity index (χ2v) is 4.74. The summed E-state index contributed by atoms with van der Waals surface area (Å²) in [5.41, 5.74) is 4.53. The average Bonchev–Trinajstić information content (AvgIpc) is 2.46. The van der Waals surface area contributed by atoms with Gasteiger partial charge in [-0.2, -0.15) is 5.10 Å². The molecule has 0 heterocycles. The van der Waals surface area contributed by atoms with Gasteiger partial charge in [0.15, 0.2) is 16.7 Å². The van der Waals surface area contributed by atoms with Crippen molar-refractivity contribution in [3.63, 3.8) is 0 Å². The van der Waals surface area contributed by atoms with E-state index in [9.17, 15) is 8.78 Å². The summed E-state index contributed by atoms with van der Waals surface area (Å²) in [4.78, 5) is 0. The molecule has 0 aromatic heterocycles. The number of anilines is 1. The Bertz CT molecular complexity index is 669. The number of aryl methyl sites for hydroxylation is 1. The van der Waals surface area contributed by atoms with E-state index in [0.717, 1.165) is 17.3 Å². The lowest BCUT2D eigenvalue weighted by atomic mass is 10.2. The van der Waals surface area contributed by atoms with Crippen molar-refractivity contribution in [3.05, 3.63) is 65.2 Å². The minimum atomic E-state index is -0.944. The van der Waals surface area contributed by atoms with E-state index in [2.05, 4.69) is 15.8 Å². The zero-order chi connectivity index (χ0) is 15.2. The van der Waals surface area contributed by atoms with Crippen LogP contribution in [0.25, 0.3) is 0 Å². The van der Waals surface area contributed by atoms with Gasteiger partial charge in [-0.15, -0.1) is 0 Å². The van der Waals surface area contributed by atoms with Gasteiger partial charge in [0.05, 0.1) is 6.21 Å². The number of hydrazone groups is 1. The maximum Gasteiger partial charge on any atom is 0.191 e. The minimum Gasteiger partial charge on any atom is -0.331 e. The van der Waals surface area contributed by atoms with Crippen molar-refractivity contribution in [1.29, 1.82) is 0 Å². The molecule has 0 spiro atoms. The quantitative estimate of drug-likeness (QED) is 0.517. The fraction of sp³-hybridized carbons (Fsp3) is 0.0667. The SMILES string of the molecule is Cc1ccc(NC(=S)NN=Cc2cccc(F)c2F)cc1. The third-order valence-corrected chi connectivity index (χ3v) is 2.85. The molecule has 3 nitrogen and oxygen atoms in total. The molecule has 0 radical (unpaired) electrons. The number of nitrogens with one attached hydrogen (secondary N) is 2. The van der Waals surface area contributed by atoms with E-state index in [1.807, 2.05) is 31.2 Å². The Morgan fingerprint density at radius 1 is 1.14 bits per heavy atom. The van der Waals surface area contributed by atoms with Crippen molar-refractivity contribution in [2.24, 2.45) is 5.10 Å². The van der Waals surface area contributed by atoms with E-state index in [-0.39, 0.29) is 10.7 Å². The predicted octanol–water partition coefficient (Wildman–Crippen LogP) is 3.59. The van der Waals surface area contributed by atoms with Crippen LogP contribution in [-0.4, -0.2) is 11.3 Å². The third-order valence-electron chi connectivity index (χ3n) is 2.66. The van der Waals surface area contributed by atoms with Crippen molar-refractivity contribution in [2.45, 2.75) is 6.92 Å². The van der Waals surface area contributed by atoms with Crippen molar-refractivity contribution >= 4 is 29.2 Å². The maximum atomic E-state index is 13.4. The van der Waals surface area contributed by atoms with Crippen LogP contribution in [0.15, 0.2) is 47.6 Å². The first kappa shape index (κ1) is 15.1. The average molecular weight is 305 g/mol. The molecule has 0 atom stereocenters. The van der Waals surface area contributed by atoms with E-state index in [0.29, 0.717) is 0 Å². The van der Waals surface area contributed by atoms with Crippen molar-refractivity contribution in [2.75, 3.05) is 5.32 Å². The first-order valence-electron chi connectivity index (χ1n) is 6.17. The van der Waals surface area contributed by atoms with E-state index < -0.39 is 11.6 Å². The molecule has 0 saturated carbocycles. The van der Waals surface area contributed by atoms with Gasteiger partial charge in [0, 0.05) is 11.3 Å². The van der Waals surface area contributed by atoms with Crippen LogP contribution in [0.1, 0.15) is 11.1 Å². The van der Waals surface area contributed by atoms with E-state index >= 15 is 0 Å². The van der Waals surface area contributed by atoms with E-state index in [1.165, 1.54) is 18.3 Å². The van der Waals surface area contributed by atoms with Crippen LogP contribution in [0.3, 0.4) is 0 Å². The molecule has 0 fully saturated rings. The number of halogens is 2. The van der Waals surface area contributed by atoms with Crippen molar-refractivity contribution in [3.8, 4) is 0 Å². The Morgan fingerprint density at radius 2 is 1.86 bits per heavy atom. The van der Waals surface area contributed by atoms with Crippen LogP contribution in [-0.2, 0) is 0 Å². The van der Waals surface area contributed by atoms with Crippen LogP contribution in [0.2, 0.25) is 0 Å². The summed E-state index contributed by atoms with van der Waals surface area (Å²) in [6.45, 7) is 1.98. The van der Waals surface area contributed by atoms with Gasteiger partial charge in [0.1, 0.15) is 0 Å². The number of rotatable bonds is 3. The molecule has 0 amide bonds. The Kier molecular flexibility index (Phi) is 4.94. The maximum absolute atomic E-state index is 13.4. The molecular formula is C15H13F2N3S. The second-order valence-electron chi connectivity index (χ2n) is 4.33. The van der Waals surface area contributed by atoms with Crippen molar-refractivity contribution in [1.82, 2.24) is 5.43 Å². The molecule has 108 valence electrons. The highest BCUT2D eigenvalue weighted by molar-refractivity contribution is 7.80. The van der Waals surface area contributed by atoms with Gasteiger partial charge < -0.3 is 5.32 Å². The van der Waals surface area contributed by atoms with E-state index in [1.54, 1.807) is 0 Å². The first-order valence-corrected chi connectivity index (χ1v) is 6.58. The molecule has 0 aliphatic rings. The number of benzene rings is 2. The minimum absolute atomic E-state index is 0.0423. The number of nitrogens with zero attached hydrogens (tertiary/aromatic N) is 1. The molecular weight excluding hydrogens is 292 g/mol. The Morgan fingerprint density at radius 3 is 2.57 bits per heavy atom. The Labute approximate surface area is 126 Å². The molecule has 2 rings (SSSR count). The lowest BCUT2D eigenvalue weighted by molar-refractivity contribution is 0.507. The van der Waals surface area contributed by atoms with Crippen LogP contribution in [0, 0.1) is 18.6 Å².